The maximum absolute atomic E-state index is 12.5. The largest absolute Gasteiger partial charge is 0.444 e. The van der Waals surface area contributed by atoms with Gasteiger partial charge in [-0.1, -0.05) is 6.07 Å². The molecular weight excluding hydrogens is 352 g/mol. The van der Waals surface area contributed by atoms with Gasteiger partial charge in [0.1, 0.15) is 5.60 Å². The van der Waals surface area contributed by atoms with Gasteiger partial charge in [-0.2, -0.15) is 0 Å². The summed E-state index contributed by atoms with van der Waals surface area (Å²) in [6.45, 7) is 7.07. The average Bonchev–Trinajstić information content (AvgIpc) is 3.11. The van der Waals surface area contributed by atoms with Crippen LogP contribution in [0.15, 0.2) is 49.1 Å². The van der Waals surface area contributed by atoms with Crippen LogP contribution in [0.1, 0.15) is 39.7 Å². The van der Waals surface area contributed by atoms with E-state index in [2.05, 4.69) is 32.7 Å². The molecule has 28 heavy (non-hydrogen) atoms. The maximum atomic E-state index is 12.5. The van der Waals surface area contributed by atoms with Crippen LogP contribution < -0.4 is 0 Å². The zero-order valence-electron chi connectivity index (χ0n) is 16.6. The van der Waals surface area contributed by atoms with Crippen LogP contribution in [0.2, 0.25) is 0 Å². The molecule has 3 heterocycles. The summed E-state index contributed by atoms with van der Waals surface area (Å²) in [5.41, 5.74) is 3.84. The van der Waals surface area contributed by atoms with Crippen LogP contribution in [-0.2, 0) is 4.74 Å². The van der Waals surface area contributed by atoms with Crippen LogP contribution in [0.4, 0.5) is 4.79 Å². The van der Waals surface area contributed by atoms with E-state index in [0.717, 1.165) is 41.5 Å². The highest BCUT2D eigenvalue weighted by molar-refractivity contribution is 5.82. The van der Waals surface area contributed by atoms with Gasteiger partial charge < -0.3 is 14.2 Å². The Balaban J connectivity index is 1.61. The van der Waals surface area contributed by atoms with Crippen molar-refractivity contribution in [3.05, 3.63) is 49.1 Å². The summed E-state index contributed by atoms with van der Waals surface area (Å²) in [5.74, 6) is 0. The standard InChI is InChI=1S/C22H26N4O2/c1-22(2,3)28-21(27)25-12-4-5-18(14-25)26-15-24-19-7-6-17(13-20(19)26)16-8-10-23-11-9-16/h6-11,13,15,18H,4-5,12,14H2,1-3H3. The highest BCUT2D eigenvalue weighted by Crippen LogP contribution is 2.29. The summed E-state index contributed by atoms with van der Waals surface area (Å²) < 4.78 is 7.77. The molecule has 0 bridgehead atoms. The molecule has 1 fully saturated rings. The Bertz CT molecular complexity index is 975. The molecule has 6 nitrogen and oxygen atoms in total. The number of rotatable bonds is 2. The SMILES string of the molecule is CC(C)(C)OC(=O)N1CCCC(n2cnc3ccc(-c4ccncc4)cc32)C1. The van der Waals surface area contributed by atoms with Crippen molar-refractivity contribution >= 4 is 17.1 Å². The van der Waals surface area contributed by atoms with E-state index in [1.165, 1.54) is 0 Å². The van der Waals surface area contributed by atoms with E-state index in [1.807, 2.05) is 44.1 Å². The number of benzene rings is 1. The number of hydrogen-bond acceptors (Lipinski definition) is 4. The number of piperidine rings is 1. The molecule has 0 saturated carbocycles. The summed E-state index contributed by atoms with van der Waals surface area (Å²) in [6, 6.07) is 10.5. The lowest BCUT2D eigenvalue weighted by molar-refractivity contribution is 0.0174. The van der Waals surface area contributed by atoms with E-state index in [9.17, 15) is 4.79 Å². The van der Waals surface area contributed by atoms with Crippen LogP contribution in [0.25, 0.3) is 22.2 Å². The zero-order valence-corrected chi connectivity index (χ0v) is 16.6. The highest BCUT2D eigenvalue weighted by Gasteiger charge is 2.29. The molecule has 1 aromatic carbocycles. The van der Waals surface area contributed by atoms with Crippen molar-refractivity contribution < 1.29 is 9.53 Å². The number of fused-ring (bicyclic) bond motifs is 1. The molecule has 0 radical (unpaired) electrons. The van der Waals surface area contributed by atoms with E-state index in [1.54, 1.807) is 12.4 Å². The van der Waals surface area contributed by atoms with Gasteiger partial charge in [-0.3, -0.25) is 4.98 Å². The minimum Gasteiger partial charge on any atom is -0.444 e. The lowest BCUT2D eigenvalue weighted by Crippen LogP contribution is -2.43. The minimum absolute atomic E-state index is 0.193. The van der Waals surface area contributed by atoms with Crippen molar-refractivity contribution in [2.75, 3.05) is 13.1 Å². The Morgan fingerprint density at radius 3 is 2.68 bits per heavy atom. The van der Waals surface area contributed by atoms with Crippen molar-refractivity contribution in [1.82, 2.24) is 19.4 Å². The summed E-state index contributed by atoms with van der Waals surface area (Å²) in [6.07, 6.45) is 7.23. The average molecular weight is 378 g/mol. The molecule has 146 valence electrons. The van der Waals surface area contributed by atoms with E-state index in [-0.39, 0.29) is 12.1 Å². The molecule has 1 saturated heterocycles. The normalized spacial score (nSPS) is 17.7. The van der Waals surface area contributed by atoms with Crippen molar-refractivity contribution in [3.8, 4) is 11.1 Å². The van der Waals surface area contributed by atoms with Crippen molar-refractivity contribution in [2.45, 2.75) is 45.3 Å². The van der Waals surface area contributed by atoms with Crippen LogP contribution in [-0.4, -0.2) is 44.2 Å². The fourth-order valence-corrected chi connectivity index (χ4v) is 3.72. The quantitative estimate of drug-likeness (QED) is 0.650. The van der Waals surface area contributed by atoms with Crippen LogP contribution >= 0.6 is 0 Å². The molecule has 0 spiro atoms. The van der Waals surface area contributed by atoms with Gasteiger partial charge in [0.25, 0.3) is 0 Å². The third-order valence-electron chi connectivity index (χ3n) is 5.03. The van der Waals surface area contributed by atoms with Crippen molar-refractivity contribution in [2.24, 2.45) is 0 Å². The number of aromatic nitrogens is 3. The molecule has 2 aromatic heterocycles. The Labute approximate surface area is 165 Å². The third-order valence-corrected chi connectivity index (χ3v) is 5.03. The summed E-state index contributed by atoms with van der Waals surface area (Å²) in [4.78, 5) is 23.0. The molecule has 1 amide bonds. The maximum Gasteiger partial charge on any atom is 0.410 e. The van der Waals surface area contributed by atoms with Gasteiger partial charge in [-0.25, -0.2) is 9.78 Å². The fraction of sp³-hybridized carbons (Fsp3) is 0.409. The predicted molar refractivity (Wildman–Crippen MR) is 109 cm³/mol. The molecule has 3 aromatic rings. The number of nitrogens with zero attached hydrogens (tertiary/aromatic N) is 4. The first-order valence-corrected chi connectivity index (χ1v) is 9.76. The number of carbonyl (C=O) groups excluding carboxylic acids is 1. The zero-order chi connectivity index (χ0) is 19.7. The third kappa shape index (κ3) is 3.86. The molecule has 1 aliphatic rings. The lowest BCUT2D eigenvalue weighted by Gasteiger charge is -2.34. The van der Waals surface area contributed by atoms with Gasteiger partial charge in [0, 0.05) is 25.5 Å². The molecule has 1 aliphatic heterocycles. The Kier molecular flexibility index (Phi) is 4.79. The number of amides is 1. The molecule has 0 aliphatic carbocycles. The van der Waals surface area contributed by atoms with Crippen LogP contribution in [0.3, 0.4) is 0 Å². The number of likely N-dealkylation sites (tertiary alicyclic amines) is 1. The smallest absolute Gasteiger partial charge is 0.410 e. The first-order valence-electron chi connectivity index (χ1n) is 9.76. The van der Waals surface area contributed by atoms with Gasteiger partial charge in [-0.15, -0.1) is 0 Å². The summed E-state index contributed by atoms with van der Waals surface area (Å²) >= 11 is 0. The first kappa shape index (κ1) is 18.5. The molecule has 6 heteroatoms. The van der Waals surface area contributed by atoms with Gasteiger partial charge in [-0.05, 0) is 69.0 Å². The van der Waals surface area contributed by atoms with Crippen molar-refractivity contribution in [3.63, 3.8) is 0 Å². The summed E-state index contributed by atoms with van der Waals surface area (Å²) in [7, 11) is 0. The number of ether oxygens (including phenoxy) is 1. The number of hydrogen-bond donors (Lipinski definition) is 0. The van der Waals surface area contributed by atoms with E-state index < -0.39 is 5.60 Å². The Hall–Kier alpha value is -2.89. The van der Waals surface area contributed by atoms with Gasteiger partial charge in [0.2, 0.25) is 0 Å². The van der Waals surface area contributed by atoms with Crippen molar-refractivity contribution in [1.29, 1.82) is 0 Å². The summed E-state index contributed by atoms with van der Waals surface area (Å²) in [5, 5.41) is 0. The van der Waals surface area contributed by atoms with Gasteiger partial charge in [0.05, 0.1) is 23.4 Å². The molecular formula is C22H26N4O2. The van der Waals surface area contributed by atoms with Crippen LogP contribution in [0.5, 0.6) is 0 Å². The molecule has 1 unspecified atom stereocenters. The number of imidazole rings is 1. The number of pyridine rings is 1. The molecule has 1 atom stereocenters. The van der Waals surface area contributed by atoms with E-state index in [4.69, 9.17) is 4.74 Å². The highest BCUT2D eigenvalue weighted by atomic mass is 16.6. The predicted octanol–water partition coefficient (Wildman–Crippen LogP) is 4.67. The van der Waals surface area contributed by atoms with E-state index >= 15 is 0 Å². The molecule has 4 rings (SSSR count). The monoisotopic (exact) mass is 378 g/mol. The second-order valence-electron chi connectivity index (χ2n) is 8.31. The second kappa shape index (κ2) is 7.26. The fourth-order valence-electron chi connectivity index (χ4n) is 3.72. The van der Waals surface area contributed by atoms with Gasteiger partial charge >= 0.3 is 6.09 Å². The van der Waals surface area contributed by atoms with Crippen LogP contribution in [0, 0.1) is 0 Å². The molecule has 0 N–H and O–H groups in total. The first-order chi connectivity index (χ1) is 13.4. The Morgan fingerprint density at radius 2 is 1.93 bits per heavy atom. The number of carbonyl (C=O) groups is 1. The lowest BCUT2D eigenvalue weighted by atomic mass is 10.0. The van der Waals surface area contributed by atoms with Gasteiger partial charge in [0.15, 0.2) is 0 Å². The van der Waals surface area contributed by atoms with E-state index in [0.29, 0.717) is 6.54 Å². The Morgan fingerprint density at radius 1 is 1.14 bits per heavy atom. The second-order valence-corrected chi connectivity index (χ2v) is 8.31. The topological polar surface area (TPSA) is 60.2 Å². The minimum atomic E-state index is -0.481.